The standard InChI is InChI=1S/C11H21N3/c1-4-9(2)6-14-7-11(13-8-14)5-10(3)12/h7-10H,4-6,12H2,1-3H3. The fourth-order valence-corrected chi connectivity index (χ4v) is 1.43. The molecule has 3 heteroatoms. The summed E-state index contributed by atoms with van der Waals surface area (Å²) in [4.78, 5) is 4.33. The fourth-order valence-electron chi connectivity index (χ4n) is 1.43. The Bertz CT molecular complexity index is 265. The van der Waals surface area contributed by atoms with E-state index < -0.39 is 0 Å². The van der Waals surface area contributed by atoms with Crippen molar-refractivity contribution < 1.29 is 0 Å². The van der Waals surface area contributed by atoms with Crippen LogP contribution in [0.4, 0.5) is 0 Å². The first-order valence-corrected chi connectivity index (χ1v) is 5.38. The molecule has 2 unspecified atom stereocenters. The number of aromatic nitrogens is 2. The van der Waals surface area contributed by atoms with Gasteiger partial charge in [0.1, 0.15) is 0 Å². The zero-order valence-electron chi connectivity index (χ0n) is 9.40. The van der Waals surface area contributed by atoms with Crippen LogP contribution in [-0.4, -0.2) is 15.6 Å². The predicted octanol–water partition coefficient (Wildman–Crippen LogP) is 1.82. The highest BCUT2D eigenvalue weighted by Crippen LogP contribution is 2.06. The van der Waals surface area contributed by atoms with E-state index in [1.54, 1.807) is 0 Å². The highest BCUT2D eigenvalue weighted by Gasteiger charge is 2.04. The van der Waals surface area contributed by atoms with Gasteiger partial charge in [0.15, 0.2) is 0 Å². The minimum absolute atomic E-state index is 0.196. The summed E-state index contributed by atoms with van der Waals surface area (Å²) in [6, 6.07) is 0.196. The Morgan fingerprint density at radius 3 is 2.79 bits per heavy atom. The number of rotatable bonds is 5. The molecule has 14 heavy (non-hydrogen) atoms. The van der Waals surface area contributed by atoms with Gasteiger partial charge in [0.05, 0.1) is 12.0 Å². The van der Waals surface area contributed by atoms with Crippen LogP contribution in [0, 0.1) is 5.92 Å². The Morgan fingerprint density at radius 2 is 2.21 bits per heavy atom. The van der Waals surface area contributed by atoms with Crippen molar-refractivity contribution in [3.05, 3.63) is 18.2 Å². The average Bonchev–Trinajstić information content (AvgIpc) is 2.51. The van der Waals surface area contributed by atoms with Gasteiger partial charge in [0.25, 0.3) is 0 Å². The van der Waals surface area contributed by atoms with E-state index in [-0.39, 0.29) is 6.04 Å². The van der Waals surface area contributed by atoms with E-state index in [0.717, 1.165) is 18.7 Å². The van der Waals surface area contributed by atoms with Gasteiger partial charge in [-0.15, -0.1) is 0 Å². The summed E-state index contributed by atoms with van der Waals surface area (Å²) in [5.74, 6) is 0.715. The molecule has 80 valence electrons. The van der Waals surface area contributed by atoms with Crippen LogP contribution in [0.1, 0.15) is 32.9 Å². The van der Waals surface area contributed by atoms with Crippen molar-refractivity contribution in [2.45, 2.75) is 46.2 Å². The zero-order chi connectivity index (χ0) is 10.6. The van der Waals surface area contributed by atoms with Crippen LogP contribution >= 0.6 is 0 Å². The molecule has 2 atom stereocenters. The number of hydrogen-bond acceptors (Lipinski definition) is 2. The molecule has 0 aliphatic rings. The lowest BCUT2D eigenvalue weighted by atomic mass is 10.1. The van der Waals surface area contributed by atoms with Crippen LogP contribution in [0.3, 0.4) is 0 Å². The quantitative estimate of drug-likeness (QED) is 0.779. The molecule has 0 radical (unpaired) electrons. The summed E-state index contributed by atoms with van der Waals surface area (Å²) < 4.78 is 2.16. The van der Waals surface area contributed by atoms with Crippen molar-refractivity contribution in [1.29, 1.82) is 0 Å². The molecule has 1 aromatic rings. The lowest BCUT2D eigenvalue weighted by Gasteiger charge is -2.08. The van der Waals surface area contributed by atoms with Crippen molar-refractivity contribution in [2.75, 3.05) is 0 Å². The lowest BCUT2D eigenvalue weighted by Crippen LogP contribution is -2.17. The Balaban J connectivity index is 2.50. The molecule has 0 bridgehead atoms. The molecule has 0 aromatic carbocycles. The van der Waals surface area contributed by atoms with Crippen molar-refractivity contribution in [3.63, 3.8) is 0 Å². The van der Waals surface area contributed by atoms with Crippen LogP contribution < -0.4 is 5.73 Å². The summed E-state index contributed by atoms with van der Waals surface area (Å²) in [7, 11) is 0. The molecular weight excluding hydrogens is 174 g/mol. The zero-order valence-corrected chi connectivity index (χ0v) is 9.40. The summed E-state index contributed by atoms with van der Waals surface area (Å²) in [6.07, 6.45) is 6.09. The molecule has 0 spiro atoms. The SMILES string of the molecule is CCC(C)Cn1cnc(CC(C)N)c1. The third kappa shape index (κ3) is 3.50. The molecule has 1 aromatic heterocycles. The highest BCUT2D eigenvalue weighted by atomic mass is 15.0. The second-order valence-corrected chi connectivity index (χ2v) is 4.26. The smallest absolute Gasteiger partial charge is 0.0949 e. The van der Waals surface area contributed by atoms with E-state index in [1.807, 2.05) is 13.3 Å². The number of imidazole rings is 1. The maximum atomic E-state index is 5.71. The summed E-state index contributed by atoms with van der Waals surface area (Å²) in [6.45, 7) is 7.53. The summed E-state index contributed by atoms with van der Waals surface area (Å²) >= 11 is 0. The van der Waals surface area contributed by atoms with Gasteiger partial charge in [-0.05, 0) is 12.8 Å². The van der Waals surface area contributed by atoms with Crippen molar-refractivity contribution in [3.8, 4) is 0 Å². The third-order valence-corrected chi connectivity index (χ3v) is 2.44. The second-order valence-electron chi connectivity index (χ2n) is 4.26. The predicted molar refractivity (Wildman–Crippen MR) is 59.0 cm³/mol. The Kier molecular flexibility index (Phi) is 4.14. The Labute approximate surface area is 86.3 Å². The third-order valence-electron chi connectivity index (χ3n) is 2.44. The van der Waals surface area contributed by atoms with E-state index in [4.69, 9.17) is 5.73 Å². The van der Waals surface area contributed by atoms with Gasteiger partial charge in [-0.25, -0.2) is 4.98 Å². The molecule has 0 fully saturated rings. The van der Waals surface area contributed by atoms with Gasteiger partial charge >= 0.3 is 0 Å². The minimum Gasteiger partial charge on any atom is -0.337 e. The fraction of sp³-hybridized carbons (Fsp3) is 0.727. The van der Waals surface area contributed by atoms with Crippen molar-refractivity contribution in [1.82, 2.24) is 9.55 Å². The van der Waals surface area contributed by atoms with Crippen LogP contribution in [0.25, 0.3) is 0 Å². The second kappa shape index (κ2) is 5.15. The van der Waals surface area contributed by atoms with Gasteiger partial charge in [0.2, 0.25) is 0 Å². The minimum atomic E-state index is 0.196. The van der Waals surface area contributed by atoms with E-state index >= 15 is 0 Å². The van der Waals surface area contributed by atoms with Gasteiger partial charge in [0, 0.05) is 25.2 Å². The van der Waals surface area contributed by atoms with Crippen molar-refractivity contribution in [2.24, 2.45) is 11.7 Å². The average molecular weight is 195 g/mol. The molecule has 0 aliphatic carbocycles. The van der Waals surface area contributed by atoms with Crippen LogP contribution in [0.5, 0.6) is 0 Å². The Hall–Kier alpha value is -0.830. The maximum Gasteiger partial charge on any atom is 0.0949 e. The molecule has 0 aliphatic heterocycles. The normalized spacial score (nSPS) is 15.4. The van der Waals surface area contributed by atoms with Gasteiger partial charge in [-0.3, -0.25) is 0 Å². The van der Waals surface area contributed by atoms with Gasteiger partial charge in [-0.1, -0.05) is 20.3 Å². The van der Waals surface area contributed by atoms with E-state index in [2.05, 4.69) is 29.6 Å². The maximum absolute atomic E-state index is 5.71. The first-order chi connectivity index (χ1) is 6.61. The molecule has 0 amide bonds. The Morgan fingerprint density at radius 1 is 1.50 bits per heavy atom. The van der Waals surface area contributed by atoms with Crippen LogP contribution in [0.2, 0.25) is 0 Å². The van der Waals surface area contributed by atoms with Crippen LogP contribution in [-0.2, 0) is 13.0 Å². The van der Waals surface area contributed by atoms with Gasteiger partial charge in [-0.2, -0.15) is 0 Å². The number of nitrogens with two attached hydrogens (primary N) is 1. The number of nitrogens with zero attached hydrogens (tertiary/aromatic N) is 2. The van der Waals surface area contributed by atoms with Gasteiger partial charge < -0.3 is 10.3 Å². The largest absolute Gasteiger partial charge is 0.337 e. The topological polar surface area (TPSA) is 43.8 Å². The number of hydrogen-bond donors (Lipinski definition) is 1. The molecule has 0 saturated heterocycles. The summed E-state index contributed by atoms with van der Waals surface area (Å²) in [5, 5.41) is 0. The molecule has 2 N–H and O–H groups in total. The molecule has 0 saturated carbocycles. The molecule has 3 nitrogen and oxygen atoms in total. The molecule has 1 heterocycles. The van der Waals surface area contributed by atoms with E-state index in [1.165, 1.54) is 6.42 Å². The summed E-state index contributed by atoms with van der Waals surface area (Å²) in [5.41, 5.74) is 6.81. The molecular formula is C11H21N3. The highest BCUT2D eigenvalue weighted by molar-refractivity contribution is 4.98. The van der Waals surface area contributed by atoms with E-state index in [0.29, 0.717) is 5.92 Å². The van der Waals surface area contributed by atoms with Crippen LogP contribution in [0.15, 0.2) is 12.5 Å². The lowest BCUT2D eigenvalue weighted by molar-refractivity contribution is 0.468. The molecule has 1 rings (SSSR count). The van der Waals surface area contributed by atoms with Crippen molar-refractivity contribution >= 4 is 0 Å². The monoisotopic (exact) mass is 195 g/mol. The van der Waals surface area contributed by atoms with E-state index in [9.17, 15) is 0 Å². The first-order valence-electron chi connectivity index (χ1n) is 5.38. The first kappa shape index (κ1) is 11.2.